The van der Waals surface area contributed by atoms with E-state index in [9.17, 15) is 9.59 Å². The van der Waals surface area contributed by atoms with Crippen molar-refractivity contribution in [2.24, 2.45) is 11.8 Å². The van der Waals surface area contributed by atoms with Gasteiger partial charge in [0.15, 0.2) is 0 Å². The number of nitrogens with one attached hydrogen (secondary N) is 1. The Morgan fingerprint density at radius 1 is 1.12 bits per heavy atom. The van der Waals surface area contributed by atoms with E-state index in [-0.39, 0.29) is 25.3 Å². The molecule has 1 saturated carbocycles. The fourth-order valence-corrected chi connectivity index (χ4v) is 5.36. The number of carbonyl (C=O) groups is 2. The Morgan fingerprint density at radius 2 is 1.69 bits per heavy atom. The Bertz CT molecular complexity index is 597. The average molecular weight is 364 g/mol. The van der Waals surface area contributed by atoms with Crippen LogP contribution in [0.4, 0.5) is 0 Å². The molecule has 0 bridgehead atoms. The van der Waals surface area contributed by atoms with Crippen LogP contribution in [-0.2, 0) is 19.1 Å². The van der Waals surface area contributed by atoms with Gasteiger partial charge >= 0.3 is 11.9 Å². The highest BCUT2D eigenvalue weighted by molar-refractivity contribution is 6.06. The van der Waals surface area contributed by atoms with Gasteiger partial charge in [-0.2, -0.15) is 0 Å². The fourth-order valence-electron chi connectivity index (χ4n) is 5.36. The molecule has 0 amide bonds. The van der Waals surface area contributed by atoms with Crippen LogP contribution in [0.15, 0.2) is 11.3 Å². The van der Waals surface area contributed by atoms with Crippen LogP contribution in [0.2, 0.25) is 0 Å². The summed E-state index contributed by atoms with van der Waals surface area (Å²) in [6.07, 6.45) is 4.70. The molecule has 26 heavy (non-hydrogen) atoms. The molecule has 2 fully saturated rings. The molecule has 6 nitrogen and oxygen atoms in total. The van der Waals surface area contributed by atoms with Gasteiger partial charge in [0.25, 0.3) is 0 Å². The summed E-state index contributed by atoms with van der Waals surface area (Å²) in [4.78, 5) is 28.4. The van der Waals surface area contributed by atoms with Gasteiger partial charge in [0.2, 0.25) is 5.54 Å². The molecule has 1 aliphatic carbocycles. The van der Waals surface area contributed by atoms with E-state index in [1.54, 1.807) is 13.8 Å². The molecule has 0 aromatic rings. The van der Waals surface area contributed by atoms with Gasteiger partial charge in [-0.15, -0.1) is 0 Å². The topological polar surface area (TPSA) is 67.9 Å². The maximum absolute atomic E-state index is 13.0. The van der Waals surface area contributed by atoms with Gasteiger partial charge in [-0.05, 0) is 46.1 Å². The largest absolute Gasteiger partial charge is 0.464 e. The maximum atomic E-state index is 13.0. The van der Waals surface area contributed by atoms with E-state index in [1.165, 1.54) is 24.8 Å². The summed E-state index contributed by atoms with van der Waals surface area (Å²) in [6, 6.07) is 0.464. The minimum Gasteiger partial charge on any atom is -0.464 e. The SMILES string of the molecule is CCOC(=O)C1(C(=O)OCC)N[C@H](C)N2C(=C(C)C3CCCCC32)[C@@H]1C. The van der Waals surface area contributed by atoms with Gasteiger partial charge in [-0.1, -0.05) is 19.8 Å². The molecule has 2 aliphatic heterocycles. The minimum absolute atomic E-state index is 0.127. The van der Waals surface area contributed by atoms with E-state index in [1.807, 2.05) is 13.8 Å². The summed E-state index contributed by atoms with van der Waals surface area (Å²) in [6.45, 7) is 10.1. The molecule has 3 rings (SSSR count). The number of ether oxygens (including phenoxy) is 2. The highest BCUT2D eigenvalue weighted by Gasteiger charge is 2.62. The molecule has 2 heterocycles. The van der Waals surface area contributed by atoms with Crippen molar-refractivity contribution < 1.29 is 19.1 Å². The minimum atomic E-state index is -1.48. The van der Waals surface area contributed by atoms with Gasteiger partial charge < -0.3 is 14.4 Å². The first-order valence-electron chi connectivity index (χ1n) is 10.0. The third-order valence-corrected chi connectivity index (χ3v) is 6.43. The Labute approximate surface area is 156 Å². The van der Waals surface area contributed by atoms with Crippen molar-refractivity contribution in [3.8, 4) is 0 Å². The second-order valence-electron chi connectivity index (χ2n) is 7.72. The van der Waals surface area contributed by atoms with E-state index < -0.39 is 17.5 Å². The Morgan fingerprint density at radius 3 is 2.27 bits per heavy atom. The molecule has 0 aromatic carbocycles. The van der Waals surface area contributed by atoms with Crippen molar-refractivity contribution in [2.75, 3.05) is 13.2 Å². The molecule has 4 atom stereocenters. The van der Waals surface area contributed by atoms with E-state index in [4.69, 9.17) is 9.47 Å². The third kappa shape index (κ3) is 2.65. The highest BCUT2D eigenvalue weighted by Crippen LogP contribution is 2.50. The lowest BCUT2D eigenvalue weighted by Crippen LogP contribution is -2.73. The normalized spacial score (nSPS) is 32.7. The predicted octanol–water partition coefficient (Wildman–Crippen LogP) is 2.59. The monoisotopic (exact) mass is 364 g/mol. The fraction of sp³-hybridized carbons (Fsp3) is 0.800. The van der Waals surface area contributed by atoms with Gasteiger partial charge in [-0.3, -0.25) is 5.32 Å². The Balaban J connectivity index is 2.07. The van der Waals surface area contributed by atoms with Gasteiger partial charge in [0.05, 0.1) is 19.4 Å². The Kier molecular flexibility index (Phi) is 5.33. The lowest BCUT2D eigenvalue weighted by atomic mass is 9.78. The number of carbonyl (C=O) groups excluding carboxylic acids is 2. The molecule has 0 radical (unpaired) electrons. The van der Waals surface area contributed by atoms with Crippen LogP contribution in [0.5, 0.6) is 0 Å². The van der Waals surface area contributed by atoms with Crippen molar-refractivity contribution in [1.82, 2.24) is 10.2 Å². The van der Waals surface area contributed by atoms with Crippen LogP contribution in [0, 0.1) is 11.8 Å². The highest BCUT2D eigenvalue weighted by atomic mass is 16.6. The van der Waals surface area contributed by atoms with Crippen molar-refractivity contribution in [1.29, 1.82) is 0 Å². The first-order valence-corrected chi connectivity index (χ1v) is 10.0. The van der Waals surface area contributed by atoms with Crippen molar-refractivity contribution in [3.63, 3.8) is 0 Å². The van der Waals surface area contributed by atoms with Crippen molar-refractivity contribution >= 4 is 11.9 Å². The maximum Gasteiger partial charge on any atom is 0.338 e. The molecule has 0 aromatic heterocycles. The first-order chi connectivity index (χ1) is 12.4. The number of hydrogen-bond acceptors (Lipinski definition) is 6. The first kappa shape index (κ1) is 19.2. The number of esters is 2. The van der Waals surface area contributed by atoms with Crippen LogP contribution >= 0.6 is 0 Å². The summed E-state index contributed by atoms with van der Waals surface area (Å²) in [7, 11) is 0. The zero-order chi connectivity index (χ0) is 19.1. The van der Waals surface area contributed by atoms with Crippen molar-refractivity contribution in [2.45, 2.75) is 78.0 Å². The quantitative estimate of drug-likeness (QED) is 0.611. The number of hydrogen-bond donors (Lipinski definition) is 1. The molecule has 0 spiro atoms. The zero-order valence-corrected chi connectivity index (χ0v) is 16.6. The Hall–Kier alpha value is -1.56. The predicted molar refractivity (Wildman–Crippen MR) is 98.0 cm³/mol. The van der Waals surface area contributed by atoms with Crippen LogP contribution in [0.25, 0.3) is 0 Å². The number of rotatable bonds is 4. The van der Waals surface area contributed by atoms with E-state index in [2.05, 4.69) is 17.1 Å². The summed E-state index contributed by atoms with van der Waals surface area (Å²) < 4.78 is 10.7. The zero-order valence-electron chi connectivity index (χ0n) is 16.6. The van der Waals surface area contributed by atoms with E-state index >= 15 is 0 Å². The molecule has 2 unspecified atom stereocenters. The number of fused-ring (bicyclic) bond motifs is 3. The summed E-state index contributed by atoms with van der Waals surface area (Å²) >= 11 is 0. The summed E-state index contributed by atoms with van der Waals surface area (Å²) in [5.74, 6) is -0.881. The third-order valence-electron chi connectivity index (χ3n) is 6.43. The molecule has 146 valence electrons. The van der Waals surface area contributed by atoms with Gasteiger partial charge in [0.1, 0.15) is 0 Å². The average Bonchev–Trinajstić information content (AvgIpc) is 2.92. The van der Waals surface area contributed by atoms with Crippen LogP contribution < -0.4 is 5.32 Å². The molecular formula is C20H32N2O4. The van der Waals surface area contributed by atoms with Gasteiger partial charge in [-0.25, -0.2) is 9.59 Å². The van der Waals surface area contributed by atoms with Gasteiger partial charge in [0, 0.05) is 23.6 Å². The standard InChI is InChI=1S/C20H32N2O4/c1-6-25-18(23)20(19(24)26-7-2)13(4)17-12(3)15-10-8-9-11-16(15)22(17)14(5)21-20/h13-16,21H,6-11H2,1-5H3/t13-,14-,15?,16?/m0/s1. The smallest absolute Gasteiger partial charge is 0.338 e. The van der Waals surface area contributed by atoms with Crippen LogP contribution in [0.3, 0.4) is 0 Å². The summed E-state index contributed by atoms with van der Waals surface area (Å²) in [5.41, 5.74) is 0.981. The molecular weight excluding hydrogens is 332 g/mol. The summed E-state index contributed by atoms with van der Waals surface area (Å²) in [5, 5.41) is 3.32. The second-order valence-corrected chi connectivity index (χ2v) is 7.72. The van der Waals surface area contributed by atoms with Crippen LogP contribution in [0.1, 0.15) is 60.3 Å². The van der Waals surface area contributed by atoms with Crippen molar-refractivity contribution in [3.05, 3.63) is 11.3 Å². The van der Waals surface area contributed by atoms with E-state index in [0.29, 0.717) is 12.0 Å². The lowest BCUT2D eigenvalue weighted by molar-refractivity contribution is -0.173. The van der Waals surface area contributed by atoms with E-state index in [0.717, 1.165) is 12.1 Å². The van der Waals surface area contributed by atoms with Crippen LogP contribution in [-0.4, -0.2) is 47.8 Å². The molecule has 6 heteroatoms. The molecule has 1 saturated heterocycles. The molecule has 1 N–H and O–H groups in total. The number of nitrogens with zero attached hydrogens (tertiary/aromatic N) is 1. The second kappa shape index (κ2) is 7.22. The molecule has 3 aliphatic rings. The lowest BCUT2D eigenvalue weighted by Gasteiger charge is -2.51.